The number of hydrogen-bond acceptors (Lipinski definition) is 4. The molecular formula is C41H54N4. The molecule has 0 unspecified atom stereocenters. The minimum atomic E-state index is 0.212. The van der Waals surface area contributed by atoms with Gasteiger partial charge in [0.15, 0.2) is 0 Å². The molecule has 4 heteroatoms. The molecule has 3 aromatic carbocycles. The van der Waals surface area contributed by atoms with E-state index in [1.165, 1.54) is 53.9 Å². The SMILES string of the molecule is CC(C)(C)c1ccc(C2=CCC=N2)cc1.CC(C)(C)c1ccc(C2=CCN=N2)cc1.CC(C)(C)c1ccc(N2CCCC2)cc1. The number of rotatable bonds is 3. The minimum absolute atomic E-state index is 0.212. The van der Waals surface area contributed by atoms with Gasteiger partial charge in [-0.1, -0.05) is 129 Å². The molecule has 0 aromatic heterocycles. The first-order valence-electron chi connectivity index (χ1n) is 16.6. The third-order valence-electron chi connectivity index (χ3n) is 8.49. The van der Waals surface area contributed by atoms with Gasteiger partial charge in [-0.15, -0.1) is 0 Å². The second-order valence-corrected chi connectivity index (χ2v) is 15.3. The van der Waals surface area contributed by atoms with E-state index in [1.807, 2.05) is 12.3 Å². The van der Waals surface area contributed by atoms with Crippen LogP contribution in [0.15, 0.2) is 100 Å². The van der Waals surface area contributed by atoms with Gasteiger partial charge in [-0.3, -0.25) is 4.99 Å². The summed E-state index contributed by atoms with van der Waals surface area (Å²) in [6.07, 6.45) is 9.82. The number of anilines is 1. The Balaban J connectivity index is 0.000000154. The summed E-state index contributed by atoms with van der Waals surface area (Å²) in [4.78, 5) is 6.81. The van der Waals surface area contributed by atoms with Gasteiger partial charge in [-0.2, -0.15) is 10.2 Å². The molecule has 0 spiro atoms. The van der Waals surface area contributed by atoms with Crippen LogP contribution in [0.25, 0.3) is 11.4 Å². The number of aliphatic imine (C=N–C) groups is 1. The summed E-state index contributed by atoms with van der Waals surface area (Å²) in [6, 6.07) is 26.4. The summed E-state index contributed by atoms with van der Waals surface area (Å²) in [5.74, 6) is 0. The molecule has 0 aliphatic carbocycles. The van der Waals surface area contributed by atoms with E-state index in [-0.39, 0.29) is 16.2 Å². The van der Waals surface area contributed by atoms with Crippen LogP contribution in [-0.4, -0.2) is 25.8 Å². The highest BCUT2D eigenvalue weighted by Crippen LogP contribution is 2.28. The van der Waals surface area contributed by atoms with E-state index in [0.29, 0.717) is 0 Å². The van der Waals surface area contributed by atoms with Crippen LogP contribution in [-0.2, 0) is 16.2 Å². The van der Waals surface area contributed by atoms with Crippen molar-refractivity contribution in [3.63, 3.8) is 0 Å². The number of hydrogen-bond donors (Lipinski definition) is 0. The van der Waals surface area contributed by atoms with Gasteiger partial charge >= 0.3 is 0 Å². The summed E-state index contributed by atoms with van der Waals surface area (Å²) in [5.41, 5.74) is 10.7. The number of nitrogens with zero attached hydrogens (tertiary/aromatic N) is 4. The van der Waals surface area contributed by atoms with Gasteiger partial charge in [0.1, 0.15) is 0 Å². The summed E-state index contributed by atoms with van der Waals surface area (Å²) in [5, 5.41) is 8.03. The van der Waals surface area contributed by atoms with Crippen molar-refractivity contribution in [1.29, 1.82) is 0 Å². The molecule has 3 heterocycles. The zero-order valence-corrected chi connectivity index (χ0v) is 29.2. The lowest BCUT2D eigenvalue weighted by atomic mass is 9.86. The standard InChI is InChI=1S/C14H17N.C14H21N.C13H16N2/c1-14(2,3)12-8-6-11(7-9-12)13-5-4-10-15-13;1-14(2,3)12-6-8-13(9-7-12)15-10-4-5-11-15;1-13(2,3)11-6-4-10(5-7-11)12-8-9-14-15-12/h5-10H,4H2,1-3H3;6-9H,4-5,10-11H2,1-3H3;4-8H,9H2,1-3H3. The van der Waals surface area contributed by atoms with E-state index >= 15 is 0 Å². The first-order valence-corrected chi connectivity index (χ1v) is 16.6. The zero-order chi connectivity index (χ0) is 32.7. The molecule has 0 bridgehead atoms. The fourth-order valence-corrected chi connectivity index (χ4v) is 5.45. The Kier molecular flexibility index (Phi) is 11.0. The average Bonchev–Trinajstić information content (AvgIpc) is 3.81. The number of allylic oxidation sites excluding steroid dienone is 1. The van der Waals surface area contributed by atoms with Gasteiger partial charge in [0, 0.05) is 37.0 Å². The molecule has 4 nitrogen and oxygen atoms in total. The third-order valence-corrected chi connectivity index (χ3v) is 8.49. The number of azo groups is 1. The van der Waals surface area contributed by atoms with Crippen LogP contribution in [0, 0.1) is 0 Å². The Labute approximate surface area is 273 Å². The van der Waals surface area contributed by atoms with Crippen LogP contribution in [0.2, 0.25) is 0 Å². The summed E-state index contributed by atoms with van der Waals surface area (Å²) >= 11 is 0. The van der Waals surface area contributed by atoms with Gasteiger partial charge in [0.25, 0.3) is 0 Å². The van der Waals surface area contributed by atoms with Crippen molar-refractivity contribution in [3.05, 3.63) is 113 Å². The maximum absolute atomic E-state index is 4.33. The van der Waals surface area contributed by atoms with Gasteiger partial charge in [-0.25, -0.2) is 0 Å². The third kappa shape index (κ3) is 9.85. The van der Waals surface area contributed by atoms with Crippen molar-refractivity contribution in [3.8, 4) is 0 Å². The van der Waals surface area contributed by atoms with Gasteiger partial charge < -0.3 is 4.90 Å². The lowest BCUT2D eigenvalue weighted by Crippen LogP contribution is -2.18. The summed E-state index contributed by atoms with van der Waals surface area (Å²) in [7, 11) is 0. The molecule has 3 aromatic rings. The second kappa shape index (κ2) is 14.5. The highest BCUT2D eigenvalue weighted by Gasteiger charge is 2.17. The largest absolute Gasteiger partial charge is 0.372 e. The monoisotopic (exact) mass is 602 g/mol. The number of benzene rings is 3. The first kappa shape index (κ1) is 34.1. The van der Waals surface area contributed by atoms with E-state index in [0.717, 1.165) is 29.9 Å². The Morgan fingerprint density at radius 1 is 0.533 bits per heavy atom. The predicted molar refractivity (Wildman–Crippen MR) is 196 cm³/mol. The molecule has 45 heavy (non-hydrogen) atoms. The smallest absolute Gasteiger partial charge is 0.0904 e. The van der Waals surface area contributed by atoms with E-state index in [1.54, 1.807) is 0 Å². The molecule has 0 N–H and O–H groups in total. The second-order valence-electron chi connectivity index (χ2n) is 15.3. The Morgan fingerprint density at radius 2 is 0.978 bits per heavy atom. The van der Waals surface area contributed by atoms with E-state index in [4.69, 9.17) is 0 Å². The maximum atomic E-state index is 4.33. The Morgan fingerprint density at radius 3 is 1.36 bits per heavy atom. The van der Waals surface area contributed by atoms with Crippen LogP contribution < -0.4 is 4.90 Å². The molecule has 3 aliphatic rings. The molecule has 0 atom stereocenters. The molecule has 0 saturated carbocycles. The average molecular weight is 603 g/mol. The van der Waals surface area contributed by atoms with Crippen molar-refractivity contribution in [2.75, 3.05) is 24.5 Å². The van der Waals surface area contributed by atoms with Crippen molar-refractivity contribution >= 4 is 23.3 Å². The van der Waals surface area contributed by atoms with Crippen molar-refractivity contribution < 1.29 is 0 Å². The molecule has 1 fully saturated rings. The normalized spacial score (nSPS) is 16.1. The molecule has 6 rings (SSSR count). The lowest BCUT2D eigenvalue weighted by Gasteiger charge is -2.22. The van der Waals surface area contributed by atoms with Crippen LogP contribution in [0.3, 0.4) is 0 Å². The lowest BCUT2D eigenvalue weighted by molar-refractivity contribution is 0.590. The van der Waals surface area contributed by atoms with E-state index in [2.05, 4.69) is 161 Å². The Bertz CT molecular complexity index is 1410. The maximum Gasteiger partial charge on any atom is 0.0904 e. The quantitative estimate of drug-likeness (QED) is 0.294. The van der Waals surface area contributed by atoms with E-state index in [9.17, 15) is 0 Å². The highest BCUT2D eigenvalue weighted by molar-refractivity contribution is 5.81. The minimum Gasteiger partial charge on any atom is -0.372 e. The van der Waals surface area contributed by atoms with Crippen LogP contribution in [0.4, 0.5) is 5.69 Å². The van der Waals surface area contributed by atoms with Crippen molar-refractivity contribution in [2.45, 2.75) is 97.8 Å². The summed E-state index contributed by atoms with van der Waals surface area (Å²) < 4.78 is 0. The summed E-state index contributed by atoms with van der Waals surface area (Å²) in [6.45, 7) is 23.3. The van der Waals surface area contributed by atoms with E-state index < -0.39 is 0 Å². The fourth-order valence-electron chi connectivity index (χ4n) is 5.45. The van der Waals surface area contributed by atoms with Crippen molar-refractivity contribution in [1.82, 2.24) is 0 Å². The molecule has 238 valence electrons. The molecule has 0 amide bonds. The fraction of sp³-hybridized carbons (Fsp3) is 0.439. The predicted octanol–water partition coefficient (Wildman–Crippen LogP) is 11.2. The van der Waals surface area contributed by atoms with Gasteiger partial charge in [-0.05, 0) is 69.5 Å². The van der Waals surface area contributed by atoms with Crippen molar-refractivity contribution in [2.24, 2.45) is 15.2 Å². The van der Waals surface area contributed by atoms with Gasteiger partial charge in [0.05, 0.1) is 17.9 Å². The molecule has 1 saturated heterocycles. The van der Waals surface area contributed by atoms with Crippen LogP contribution >= 0.6 is 0 Å². The molecule has 0 radical (unpaired) electrons. The van der Waals surface area contributed by atoms with Crippen LogP contribution in [0.5, 0.6) is 0 Å². The molecular weight excluding hydrogens is 548 g/mol. The van der Waals surface area contributed by atoms with Gasteiger partial charge in [0.2, 0.25) is 0 Å². The molecule has 3 aliphatic heterocycles. The first-order chi connectivity index (χ1) is 21.2. The zero-order valence-electron chi connectivity index (χ0n) is 29.2. The highest BCUT2D eigenvalue weighted by atomic mass is 15.1. The topological polar surface area (TPSA) is 40.3 Å². The van der Waals surface area contributed by atoms with Crippen LogP contribution in [0.1, 0.15) is 109 Å². The Hall–Kier alpha value is -3.79.